The minimum absolute atomic E-state index is 0.182. The first-order chi connectivity index (χ1) is 16.7. The van der Waals surface area contributed by atoms with Crippen molar-refractivity contribution in [2.75, 3.05) is 6.54 Å². The van der Waals surface area contributed by atoms with Gasteiger partial charge in [-0.25, -0.2) is 8.42 Å². The summed E-state index contributed by atoms with van der Waals surface area (Å²) in [6.07, 6.45) is 0.690. The molecule has 1 aromatic heterocycles. The summed E-state index contributed by atoms with van der Waals surface area (Å²) in [7, 11) is -1.76. The van der Waals surface area contributed by atoms with Crippen molar-refractivity contribution in [3.63, 3.8) is 0 Å². The third-order valence-corrected chi connectivity index (χ3v) is 9.49. The summed E-state index contributed by atoms with van der Waals surface area (Å²) < 4.78 is 30.9. The quantitative estimate of drug-likeness (QED) is 0.398. The monoisotopic (exact) mass is 505 g/mol. The highest BCUT2D eigenvalue weighted by Crippen LogP contribution is 2.26. The highest BCUT2D eigenvalue weighted by molar-refractivity contribution is 7.89. The normalized spacial score (nSPS) is 15.0. The molecule has 6 nitrogen and oxygen atoms in total. The van der Waals surface area contributed by atoms with E-state index in [0.717, 1.165) is 15.8 Å². The summed E-state index contributed by atoms with van der Waals surface area (Å²) in [5.41, 5.74) is 4.84. The molecule has 0 spiro atoms. The third kappa shape index (κ3) is 4.49. The van der Waals surface area contributed by atoms with Gasteiger partial charge in [-0.15, -0.1) is 0 Å². The van der Waals surface area contributed by atoms with Crippen LogP contribution >= 0.6 is 11.3 Å². The van der Waals surface area contributed by atoms with Crippen LogP contribution < -0.4 is 4.80 Å². The summed E-state index contributed by atoms with van der Waals surface area (Å²) >= 11 is 1.47. The van der Waals surface area contributed by atoms with Crippen molar-refractivity contribution in [2.24, 2.45) is 12.0 Å². The second kappa shape index (κ2) is 9.18. The number of thiazole rings is 1. The zero-order chi connectivity index (χ0) is 24.7. The fourth-order valence-electron chi connectivity index (χ4n) is 4.36. The summed E-state index contributed by atoms with van der Waals surface area (Å²) in [5, 5.41) is 0. The van der Waals surface area contributed by atoms with Gasteiger partial charge in [-0.05, 0) is 65.4 Å². The molecule has 2 heterocycles. The van der Waals surface area contributed by atoms with Crippen molar-refractivity contribution in [1.82, 2.24) is 8.87 Å². The molecular weight excluding hydrogens is 478 g/mol. The van der Waals surface area contributed by atoms with Crippen LogP contribution in [0.3, 0.4) is 0 Å². The lowest BCUT2D eigenvalue weighted by molar-refractivity contribution is 0.0998. The molecule has 0 bridgehead atoms. The molecule has 0 fully saturated rings. The van der Waals surface area contributed by atoms with Gasteiger partial charge in [0, 0.05) is 25.7 Å². The number of aromatic nitrogens is 1. The van der Waals surface area contributed by atoms with Crippen molar-refractivity contribution < 1.29 is 13.2 Å². The van der Waals surface area contributed by atoms with Gasteiger partial charge in [0.15, 0.2) is 4.80 Å². The van der Waals surface area contributed by atoms with Gasteiger partial charge < -0.3 is 4.57 Å². The van der Waals surface area contributed by atoms with E-state index in [1.807, 2.05) is 35.9 Å². The standard InChI is InChI=1S/C27H27N3O3S2/c1-18(2)21-10-13-24-25(16-21)34-27(29(24)3)28-26(31)20-8-11-23(12-9-20)35(32,33)30-15-14-19-6-4-5-7-22(19)17-30/h4-13,16,18H,14-15,17H2,1-3H3. The van der Waals surface area contributed by atoms with Crippen LogP contribution in [0.1, 0.15) is 46.8 Å². The Kier molecular flexibility index (Phi) is 6.21. The number of benzene rings is 3. The van der Waals surface area contributed by atoms with E-state index in [4.69, 9.17) is 0 Å². The molecule has 0 atom stereocenters. The molecular formula is C27H27N3O3S2. The third-order valence-electron chi connectivity index (χ3n) is 6.53. The molecule has 0 unspecified atom stereocenters. The minimum atomic E-state index is -3.65. The molecule has 1 aliphatic rings. The van der Waals surface area contributed by atoms with Crippen LogP contribution in [0.25, 0.3) is 10.2 Å². The molecule has 8 heteroatoms. The summed E-state index contributed by atoms with van der Waals surface area (Å²) in [4.78, 5) is 18.0. The Balaban J connectivity index is 1.39. The molecule has 0 N–H and O–H groups in total. The van der Waals surface area contributed by atoms with E-state index in [1.54, 1.807) is 12.1 Å². The fourth-order valence-corrected chi connectivity index (χ4v) is 6.85. The Hall–Kier alpha value is -3.07. The van der Waals surface area contributed by atoms with Crippen LogP contribution in [0.4, 0.5) is 0 Å². The van der Waals surface area contributed by atoms with Gasteiger partial charge in [0.1, 0.15) is 0 Å². The molecule has 5 rings (SSSR count). The molecule has 35 heavy (non-hydrogen) atoms. The molecule has 0 aliphatic carbocycles. The summed E-state index contributed by atoms with van der Waals surface area (Å²) in [6, 6.07) is 20.3. The van der Waals surface area contributed by atoms with Crippen molar-refractivity contribution in [3.8, 4) is 0 Å². The highest BCUT2D eigenvalue weighted by atomic mass is 32.2. The Bertz CT molecular complexity index is 1600. The number of carbonyl (C=O) groups excluding carboxylic acids is 1. The highest BCUT2D eigenvalue weighted by Gasteiger charge is 2.28. The second-order valence-corrected chi connectivity index (χ2v) is 12.1. The van der Waals surface area contributed by atoms with E-state index < -0.39 is 15.9 Å². The van der Waals surface area contributed by atoms with Crippen LogP contribution in [-0.4, -0.2) is 29.7 Å². The average molecular weight is 506 g/mol. The SMILES string of the molecule is CC(C)c1ccc2c(c1)sc(=NC(=O)c1ccc(S(=O)(=O)N3CCc4ccccc4C3)cc1)n2C. The Labute approximate surface area is 209 Å². The van der Waals surface area contributed by atoms with E-state index >= 15 is 0 Å². The van der Waals surface area contributed by atoms with Gasteiger partial charge >= 0.3 is 0 Å². The van der Waals surface area contributed by atoms with Crippen LogP contribution in [0.5, 0.6) is 0 Å². The lowest BCUT2D eigenvalue weighted by Crippen LogP contribution is -2.35. The molecule has 4 aromatic rings. The molecule has 1 aliphatic heterocycles. The number of hydrogen-bond donors (Lipinski definition) is 0. The predicted octanol–water partition coefficient (Wildman–Crippen LogP) is 4.85. The first kappa shape index (κ1) is 23.7. The van der Waals surface area contributed by atoms with Gasteiger partial charge in [0.25, 0.3) is 5.91 Å². The molecule has 180 valence electrons. The van der Waals surface area contributed by atoms with Gasteiger partial charge in [-0.2, -0.15) is 9.30 Å². The number of amides is 1. The number of fused-ring (bicyclic) bond motifs is 2. The van der Waals surface area contributed by atoms with E-state index in [2.05, 4.69) is 37.0 Å². The predicted molar refractivity (Wildman–Crippen MR) is 139 cm³/mol. The smallest absolute Gasteiger partial charge is 0.279 e. The van der Waals surface area contributed by atoms with Gasteiger partial charge in [0.2, 0.25) is 10.0 Å². The molecule has 0 saturated heterocycles. The van der Waals surface area contributed by atoms with E-state index in [-0.39, 0.29) is 4.90 Å². The zero-order valence-corrected chi connectivity index (χ0v) is 21.6. The van der Waals surface area contributed by atoms with Gasteiger partial charge in [-0.3, -0.25) is 4.79 Å². The lowest BCUT2D eigenvalue weighted by Gasteiger charge is -2.28. The largest absolute Gasteiger partial charge is 0.319 e. The fraction of sp³-hybridized carbons (Fsp3) is 0.259. The number of carbonyl (C=O) groups is 1. The van der Waals surface area contributed by atoms with Gasteiger partial charge in [0.05, 0.1) is 15.1 Å². The van der Waals surface area contributed by atoms with E-state index in [1.165, 1.54) is 38.9 Å². The Morgan fingerprint density at radius 1 is 1.00 bits per heavy atom. The van der Waals surface area contributed by atoms with Crippen LogP contribution in [0, 0.1) is 0 Å². The summed E-state index contributed by atoms with van der Waals surface area (Å²) in [6.45, 7) is 5.10. The maximum atomic E-state index is 13.2. The van der Waals surface area contributed by atoms with Crippen LogP contribution in [0.15, 0.2) is 76.6 Å². The molecule has 0 saturated carbocycles. The second-order valence-electron chi connectivity index (χ2n) is 9.12. The Morgan fingerprint density at radius 2 is 1.71 bits per heavy atom. The van der Waals surface area contributed by atoms with E-state index in [0.29, 0.717) is 35.8 Å². The minimum Gasteiger partial charge on any atom is -0.319 e. The van der Waals surface area contributed by atoms with E-state index in [9.17, 15) is 13.2 Å². The van der Waals surface area contributed by atoms with Crippen LogP contribution in [0.2, 0.25) is 0 Å². The van der Waals surface area contributed by atoms with Gasteiger partial charge in [-0.1, -0.05) is 55.5 Å². The number of nitrogens with zero attached hydrogens (tertiary/aromatic N) is 3. The maximum absolute atomic E-state index is 13.2. The first-order valence-corrected chi connectivity index (χ1v) is 13.9. The maximum Gasteiger partial charge on any atom is 0.279 e. The zero-order valence-electron chi connectivity index (χ0n) is 19.9. The lowest BCUT2D eigenvalue weighted by atomic mass is 10.0. The number of sulfonamides is 1. The summed E-state index contributed by atoms with van der Waals surface area (Å²) in [5.74, 6) is 0.0235. The number of aryl methyl sites for hydroxylation is 1. The molecule has 1 amide bonds. The van der Waals surface area contributed by atoms with Crippen molar-refractivity contribution in [1.29, 1.82) is 0 Å². The Morgan fingerprint density at radius 3 is 2.43 bits per heavy atom. The van der Waals surface area contributed by atoms with Crippen molar-refractivity contribution >= 4 is 37.5 Å². The average Bonchev–Trinajstić information content (AvgIpc) is 3.18. The first-order valence-electron chi connectivity index (χ1n) is 11.6. The number of hydrogen-bond acceptors (Lipinski definition) is 4. The molecule has 3 aromatic carbocycles. The number of rotatable bonds is 4. The molecule has 0 radical (unpaired) electrons. The topological polar surface area (TPSA) is 71.7 Å². The van der Waals surface area contributed by atoms with Crippen LogP contribution in [-0.2, 0) is 30.0 Å². The van der Waals surface area contributed by atoms with Crippen molar-refractivity contribution in [2.45, 2.75) is 37.6 Å². The van der Waals surface area contributed by atoms with Crippen molar-refractivity contribution in [3.05, 3.63) is 93.8 Å².